The maximum Gasteiger partial charge on any atom is 0.223 e. The molecule has 0 spiro atoms. The molecule has 0 aliphatic heterocycles. The molecule has 6 heteroatoms. The third-order valence-electron chi connectivity index (χ3n) is 2.58. The summed E-state index contributed by atoms with van der Waals surface area (Å²) in [4.78, 5) is 11.5. The first-order chi connectivity index (χ1) is 9.13. The second-order valence-electron chi connectivity index (χ2n) is 4.29. The van der Waals surface area contributed by atoms with Crippen molar-refractivity contribution in [1.29, 1.82) is 0 Å². The molecule has 20 heavy (non-hydrogen) atoms. The van der Waals surface area contributed by atoms with Crippen LogP contribution < -0.4 is 15.4 Å². The average molecular weight is 305 g/mol. The topological polar surface area (TPSA) is 50.4 Å². The van der Waals surface area contributed by atoms with E-state index in [0.717, 1.165) is 6.54 Å². The van der Waals surface area contributed by atoms with Crippen LogP contribution in [0.4, 0.5) is 4.39 Å². The Morgan fingerprint density at radius 1 is 1.40 bits per heavy atom. The standard InChI is InChI=1S/C14H21FN2O2.ClH/c1-3-16-11(2)10-17-14(18)8-9-19-13-7-5-4-6-12(13)15;/h4-7,11,16H,3,8-10H2,1-2H3,(H,17,18);1H/t11-;/m1./s1. The molecular weight excluding hydrogens is 283 g/mol. The van der Waals surface area contributed by atoms with E-state index in [9.17, 15) is 9.18 Å². The highest BCUT2D eigenvalue weighted by molar-refractivity contribution is 5.85. The van der Waals surface area contributed by atoms with E-state index in [4.69, 9.17) is 4.74 Å². The van der Waals surface area contributed by atoms with Crippen molar-refractivity contribution < 1.29 is 13.9 Å². The summed E-state index contributed by atoms with van der Waals surface area (Å²) >= 11 is 0. The minimum atomic E-state index is -0.413. The number of nitrogens with one attached hydrogen (secondary N) is 2. The number of para-hydroxylation sites is 1. The Labute approximate surface area is 125 Å². The number of likely N-dealkylation sites (N-methyl/N-ethyl adjacent to an activating group) is 1. The molecule has 0 saturated carbocycles. The van der Waals surface area contributed by atoms with Gasteiger partial charge in [-0.25, -0.2) is 4.39 Å². The number of carbonyl (C=O) groups excluding carboxylic acids is 1. The van der Waals surface area contributed by atoms with Crippen LogP contribution in [-0.4, -0.2) is 31.6 Å². The van der Waals surface area contributed by atoms with Crippen LogP contribution in [0.2, 0.25) is 0 Å². The van der Waals surface area contributed by atoms with E-state index in [2.05, 4.69) is 10.6 Å². The fraction of sp³-hybridized carbons (Fsp3) is 0.500. The largest absolute Gasteiger partial charge is 0.490 e. The zero-order chi connectivity index (χ0) is 14.1. The molecule has 0 fully saturated rings. The van der Waals surface area contributed by atoms with Crippen molar-refractivity contribution in [3.05, 3.63) is 30.1 Å². The van der Waals surface area contributed by atoms with Crippen molar-refractivity contribution in [3.63, 3.8) is 0 Å². The molecule has 1 rings (SSSR count). The highest BCUT2D eigenvalue weighted by atomic mass is 35.5. The van der Waals surface area contributed by atoms with Crippen molar-refractivity contribution in [1.82, 2.24) is 10.6 Å². The Morgan fingerprint density at radius 3 is 2.75 bits per heavy atom. The van der Waals surface area contributed by atoms with E-state index in [1.165, 1.54) is 6.07 Å². The summed E-state index contributed by atoms with van der Waals surface area (Å²) in [6.45, 7) is 5.63. The van der Waals surface area contributed by atoms with Gasteiger partial charge in [-0.3, -0.25) is 4.79 Å². The van der Waals surface area contributed by atoms with E-state index >= 15 is 0 Å². The van der Waals surface area contributed by atoms with Gasteiger partial charge in [-0.2, -0.15) is 0 Å². The second-order valence-corrected chi connectivity index (χ2v) is 4.29. The van der Waals surface area contributed by atoms with Gasteiger partial charge in [0.15, 0.2) is 11.6 Å². The van der Waals surface area contributed by atoms with Crippen LogP contribution in [0.25, 0.3) is 0 Å². The molecular formula is C14H22ClFN2O2. The maximum atomic E-state index is 13.2. The first kappa shape index (κ1) is 18.7. The molecule has 0 aromatic heterocycles. The van der Waals surface area contributed by atoms with Gasteiger partial charge in [0.25, 0.3) is 0 Å². The van der Waals surface area contributed by atoms with Crippen molar-refractivity contribution in [2.24, 2.45) is 0 Å². The zero-order valence-electron chi connectivity index (χ0n) is 11.8. The lowest BCUT2D eigenvalue weighted by Crippen LogP contribution is -2.39. The van der Waals surface area contributed by atoms with Crippen molar-refractivity contribution in [3.8, 4) is 5.75 Å². The van der Waals surface area contributed by atoms with Gasteiger partial charge in [0, 0.05) is 12.6 Å². The molecule has 0 heterocycles. The molecule has 0 bridgehead atoms. The van der Waals surface area contributed by atoms with Crippen LogP contribution in [0.5, 0.6) is 5.75 Å². The molecule has 0 aliphatic rings. The summed E-state index contributed by atoms with van der Waals surface area (Å²) in [6.07, 6.45) is 0.215. The molecule has 1 aromatic rings. The lowest BCUT2D eigenvalue weighted by atomic mass is 10.3. The van der Waals surface area contributed by atoms with Gasteiger partial charge >= 0.3 is 0 Å². The number of ether oxygens (including phenoxy) is 1. The van der Waals surface area contributed by atoms with Crippen LogP contribution >= 0.6 is 12.4 Å². The number of benzene rings is 1. The fourth-order valence-electron chi connectivity index (χ4n) is 1.59. The third-order valence-corrected chi connectivity index (χ3v) is 2.58. The van der Waals surface area contributed by atoms with Crippen molar-refractivity contribution >= 4 is 18.3 Å². The normalized spacial score (nSPS) is 11.3. The van der Waals surface area contributed by atoms with Gasteiger partial charge in [-0.15, -0.1) is 12.4 Å². The van der Waals surface area contributed by atoms with Gasteiger partial charge in [-0.05, 0) is 25.6 Å². The lowest BCUT2D eigenvalue weighted by molar-refractivity contribution is -0.121. The predicted molar refractivity (Wildman–Crippen MR) is 79.9 cm³/mol. The number of hydrogen-bond acceptors (Lipinski definition) is 3. The monoisotopic (exact) mass is 304 g/mol. The Hall–Kier alpha value is -1.33. The third kappa shape index (κ3) is 7.31. The van der Waals surface area contributed by atoms with E-state index < -0.39 is 5.82 Å². The van der Waals surface area contributed by atoms with E-state index in [0.29, 0.717) is 6.54 Å². The zero-order valence-corrected chi connectivity index (χ0v) is 12.6. The Morgan fingerprint density at radius 2 is 2.10 bits per heavy atom. The first-order valence-corrected chi connectivity index (χ1v) is 6.51. The molecule has 2 N–H and O–H groups in total. The van der Waals surface area contributed by atoms with E-state index in [-0.39, 0.29) is 43.1 Å². The summed E-state index contributed by atoms with van der Waals surface area (Å²) in [5.41, 5.74) is 0. The minimum absolute atomic E-state index is 0. The number of hydrogen-bond donors (Lipinski definition) is 2. The van der Waals surface area contributed by atoms with Gasteiger partial charge in [-0.1, -0.05) is 19.1 Å². The summed E-state index contributed by atoms with van der Waals surface area (Å²) in [6, 6.07) is 6.39. The molecule has 0 aliphatic carbocycles. The molecule has 0 radical (unpaired) electrons. The minimum Gasteiger partial charge on any atom is -0.490 e. The molecule has 1 aromatic carbocycles. The highest BCUT2D eigenvalue weighted by Crippen LogP contribution is 2.15. The van der Waals surface area contributed by atoms with E-state index in [1.54, 1.807) is 18.2 Å². The highest BCUT2D eigenvalue weighted by Gasteiger charge is 2.06. The van der Waals surface area contributed by atoms with Crippen LogP contribution in [0, 0.1) is 5.82 Å². The Kier molecular flexibility index (Phi) is 9.76. The SMILES string of the molecule is CCN[C@H](C)CNC(=O)CCOc1ccccc1F.Cl. The van der Waals surface area contributed by atoms with Crippen LogP contribution in [0.15, 0.2) is 24.3 Å². The van der Waals surface area contributed by atoms with Crippen molar-refractivity contribution in [2.45, 2.75) is 26.3 Å². The van der Waals surface area contributed by atoms with E-state index in [1.807, 2.05) is 13.8 Å². The van der Waals surface area contributed by atoms with Crippen molar-refractivity contribution in [2.75, 3.05) is 19.7 Å². The molecule has 4 nitrogen and oxygen atoms in total. The number of carbonyl (C=O) groups is 1. The quantitative estimate of drug-likeness (QED) is 0.773. The van der Waals surface area contributed by atoms with Gasteiger partial charge in [0.1, 0.15) is 0 Å². The Bertz CT molecular complexity index is 405. The van der Waals surface area contributed by atoms with Crippen LogP contribution in [0.1, 0.15) is 20.3 Å². The predicted octanol–water partition coefficient (Wildman–Crippen LogP) is 2.13. The second kappa shape index (κ2) is 10.5. The van der Waals surface area contributed by atoms with Gasteiger partial charge in [0.05, 0.1) is 13.0 Å². The molecule has 1 atom stereocenters. The fourth-order valence-corrected chi connectivity index (χ4v) is 1.59. The number of halogens is 2. The number of amides is 1. The lowest BCUT2D eigenvalue weighted by Gasteiger charge is -2.13. The summed E-state index contributed by atoms with van der Waals surface area (Å²) in [5, 5.41) is 5.99. The average Bonchev–Trinajstić information content (AvgIpc) is 2.39. The van der Waals surface area contributed by atoms with Crippen LogP contribution in [0.3, 0.4) is 0 Å². The summed E-state index contributed by atoms with van der Waals surface area (Å²) in [5.74, 6) is -0.332. The first-order valence-electron chi connectivity index (χ1n) is 6.51. The smallest absolute Gasteiger partial charge is 0.223 e. The maximum absolute atomic E-state index is 13.2. The molecule has 0 unspecified atom stereocenters. The van der Waals surface area contributed by atoms with Gasteiger partial charge in [0.2, 0.25) is 5.91 Å². The Balaban J connectivity index is 0.00000361. The molecule has 1 amide bonds. The van der Waals surface area contributed by atoms with Crippen LogP contribution in [-0.2, 0) is 4.79 Å². The van der Waals surface area contributed by atoms with Gasteiger partial charge < -0.3 is 15.4 Å². The molecule has 0 saturated heterocycles. The number of rotatable bonds is 8. The molecule has 114 valence electrons. The summed E-state index contributed by atoms with van der Waals surface area (Å²) < 4.78 is 18.4. The summed E-state index contributed by atoms with van der Waals surface area (Å²) in [7, 11) is 0.